The number of nitrogens with zero attached hydrogens (tertiary/aromatic N) is 2. The second kappa shape index (κ2) is 7.56. The minimum atomic E-state index is -0.321. The van der Waals surface area contributed by atoms with E-state index in [0.29, 0.717) is 11.4 Å². The predicted molar refractivity (Wildman–Crippen MR) is 107 cm³/mol. The van der Waals surface area contributed by atoms with Crippen molar-refractivity contribution in [2.75, 3.05) is 14.2 Å². The number of methoxy groups -OCH3 is 2. The van der Waals surface area contributed by atoms with Crippen LogP contribution in [-0.2, 0) is 0 Å². The van der Waals surface area contributed by atoms with Crippen LogP contribution in [0.15, 0.2) is 78.9 Å². The Morgan fingerprint density at radius 3 is 2.07 bits per heavy atom. The van der Waals surface area contributed by atoms with E-state index in [4.69, 9.17) is 14.6 Å². The Morgan fingerprint density at radius 1 is 0.750 bits per heavy atom. The van der Waals surface area contributed by atoms with Crippen molar-refractivity contribution in [3.8, 4) is 39.7 Å². The van der Waals surface area contributed by atoms with Gasteiger partial charge in [-0.05, 0) is 48.5 Å². The molecular weight excluding hydrogens is 355 g/mol. The molecule has 5 heteroatoms. The lowest BCUT2D eigenvalue weighted by atomic mass is 10.1. The minimum Gasteiger partial charge on any atom is -0.496 e. The van der Waals surface area contributed by atoms with Gasteiger partial charge in [-0.1, -0.05) is 30.3 Å². The summed E-state index contributed by atoms with van der Waals surface area (Å²) in [6, 6.07) is 23.7. The zero-order chi connectivity index (χ0) is 19.5. The highest BCUT2D eigenvalue weighted by Crippen LogP contribution is 2.36. The highest BCUT2D eigenvalue weighted by molar-refractivity contribution is 5.76. The molecule has 0 atom stereocenters. The molecule has 0 saturated heterocycles. The Morgan fingerprint density at radius 2 is 1.39 bits per heavy atom. The molecular formula is C23H19FN2O2. The molecule has 0 amide bonds. The number of aromatic nitrogens is 2. The van der Waals surface area contributed by atoms with Gasteiger partial charge in [-0.3, -0.25) is 0 Å². The molecule has 0 spiro atoms. The molecule has 4 aromatic rings. The molecule has 0 N–H and O–H groups in total. The smallest absolute Gasteiger partial charge is 0.128 e. The van der Waals surface area contributed by atoms with E-state index in [1.165, 1.54) is 12.1 Å². The summed E-state index contributed by atoms with van der Waals surface area (Å²) in [6.07, 6.45) is 0. The van der Waals surface area contributed by atoms with E-state index in [0.717, 1.165) is 28.3 Å². The fourth-order valence-corrected chi connectivity index (χ4v) is 3.22. The molecule has 0 aliphatic carbocycles. The summed E-state index contributed by atoms with van der Waals surface area (Å²) in [4.78, 5) is 0. The predicted octanol–water partition coefficient (Wildman–Crippen LogP) is 5.36. The first-order valence-electron chi connectivity index (χ1n) is 8.84. The Hall–Kier alpha value is -3.60. The van der Waals surface area contributed by atoms with Gasteiger partial charge < -0.3 is 9.47 Å². The van der Waals surface area contributed by atoms with Crippen LogP contribution in [0.1, 0.15) is 0 Å². The largest absolute Gasteiger partial charge is 0.496 e. The minimum absolute atomic E-state index is 0.321. The highest BCUT2D eigenvalue weighted by atomic mass is 19.1. The van der Waals surface area contributed by atoms with Crippen molar-refractivity contribution in [1.82, 2.24) is 9.78 Å². The van der Waals surface area contributed by atoms with Crippen LogP contribution in [0, 0.1) is 5.82 Å². The van der Waals surface area contributed by atoms with Gasteiger partial charge in [0.1, 0.15) is 17.3 Å². The fraction of sp³-hybridized carbons (Fsp3) is 0.0870. The average molecular weight is 374 g/mol. The number of hydrogen-bond donors (Lipinski definition) is 0. The number of rotatable bonds is 5. The first kappa shape index (κ1) is 17.8. The molecule has 3 aromatic carbocycles. The van der Waals surface area contributed by atoms with E-state index < -0.39 is 0 Å². The molecule has 0 aliphatic heterocycles. The molecule has 0 aliphatic rings. The zero-order valence-corrected chi connectivity index (χ0v) is 15.6. The average Bonchev–Trinajstić information content (AvgIpc) is 3.18. The fourth-order valence-electron chi connectivity index (χ4n) is 3.22. The van der Waals surface area contributed by atoms with E-state index in [2.05, 4.69) is 0 Å². The number of benzene rings is 3. The lowest BCUT2D eigenvalue weighted by Gasteiger charge is -2.11. The lowest BCUT2D eigenvalue weighted by molar-refractivity contribution is 0.416. The summed E-state index contributed by atoms with van der Waals surface area (Å²) < 4.78 is 26.6. The summed E-state index contributed by atoms with van der Waals surface area (Å²) >= 11 is 0. The summed E-state index contributed by atoms with van der Waals surface area (Å²) in [6.45, 7) is 0. The summed E-state index contributed by atoms with van der Waals surface area (Å²) in [7, 11) is 3.26. The van der Waals surface area contributed by atoms with Crippen molar-refractivity contribution in [3.05, 3.63) is 84.7 Å². The highest BCUT2D eigenvalue weighted by Gasteiger charge is 2.18. The van der Waals surface area contributed by atoms with Crippen molar-refractivity contribution in [2.24, 2.45) is 0 Å². The van der Waals surface area contributed by atoms with Crippen LogP contribution >= 0.6 is 0 Å². The van der Waals surface area contributed by atoms with Crippen LogP contribution in [0.4, 0.5) is 4.39 Å². The first-order chi connectivity index (χ1) is 13.7. The Bertz CT molecular complexity index is 1120. The monoisotopic (exact) mass is 374 g/mol. The van der Waals surface area contributed by atoms with Crippen LogP contribution in [0.3, 0.4) is 0 Å². The van der Waals surface area contributed by atoms with E-state index in [9.17, 15) is 4.39 Å². The van der Waals surface area contributed by atoms with Crippen molar-refractivity contribution in [1.29, 1.82) is 0 Å². The van der Waals surface area contributed by atoms with Crippen molar-refractivity contribution in [2.45, 2.75) is 0 Å². The first-order valence-corrected chi connectivity index (χ1v) is 8.84. The third kappa shape index (κ3) is 3.22. The zero-order valence-electron chi connectivity index (χ0n) is 15.6. The molecule has 0 saturated carbocycles. The molecule has 4 nitrogen and oxygen atoms in total. The van der Waals surface area contributed by atoms with E-state index in [1.807, 2.05) is 60.7 Å². The molecule has 1 heterocycles. The normalized spacial score (nSPS) is 10.7. The summed E-state index contributed by atoms with van der Waals surface area (Å²) in [5, 5.41) is 4.77. The van der Waals surface area contributed by atoms with Crippen LogP contribution in [-0.4, -0.2) is 24.0 Å². The van der Waals surface area contributed by atoms with Gasteiger partial charge in [0, 0.05) is 11.1 Å². The van der Waals surface area contributed by atoms with Crippen molar-refractivity contribution >= 4 is 0 Å². The second-order valence-corrected chi connectivity index (χ2v) is 6.21. The molecule has 28 heavy (non-hydrogen) atoms. The second-order valence-electron chi connectivity index (χ2n) is 6.21. The molecule has 0 bridgehead atoms. The SMILES string of the molecule is COc1ccccc1-c1cc(-c2ccccc2OC)n(-c2cccc(F)c2)n1. The van der Waals surface area contributed by atoms with E-state index in [-0.39, 0.29) is 5.82 Å². The van der Waals surface area contributed by atoms with Gasteiger partial charge in [-0.15, -0.1) is 0 Å². The van der Waals surface area contributed by atoms with Gasteiger partial charge in [-0.2, -0.15) is 5.10 Å². The summed E-state index contributed by atoms with van der Waals surface area (Å²) in [5.74, 6) is 1.11. The molecule has 140 valence electrons. The van der Waals surface area contributed by atoms with Gasteiger partial charge in [0.15, 0.2) is 0 Å². The van der Waals surface area contributed by atoms with Crippen LogP contribution in [0.5, 0.6) is 11.5 Å². The quantitative estimate of drug-likeness (QED) is 0.472. The van der Waals surface area contributed by atoms with Crippen LogP contribution in [0.25, 0.3) is 28.2 Å². The van der Waals surface area contributed by atoms with Gasteiger partial charge in [0.25, 0.3) is 0 Å². The number of halogens is 1. The van der Waals surface area contributed by atoms with Crippen LogP contribution < -0.4 is 9.47 Å². The topological polar surface area (TPSA) is 36.3 Å². The van der Waals surface area contributed by atoms with Crippen LogP contribution in [0.2, 0.25) is 0 Å². The standard InChI is InChI=1S/C23H19FN2O2/c1-27-22-12-5-3-10-18(22)20-15-21(19-11-4-6-13-23(19)28-2)26(25-20)17-9-7-8-16(24)14-17/h3-15H,1-2H3. The molecule has 1 aromatic heterocycles. The maximum absolute atomic E-state index is 13.9. The van der Waals surface area contributed by atoms with E-state index in [1.54, 1.807) is 25.0 Å². The van der Waals surface area contributed by atoms with Gasteiger partial charge in [0.05, 0.1) is 31.3 Å². The lowest BCUT2D eigenvalue weighted by Crippen LogP contribution is -2.01. The van der Waals surface area contributed by atoms with Gasteiger partial charge in [0.2, 0.25) is 0 Å². The molecule has 0 radical (unpaired) electrons. The molecule has 0 unspecified atom stereocenters. The molecule has 4 rings (SSSR count). The Balaban J connectivity index is 1.97. The Labute approximate surface area is 162 Å². The third-order valence-electron chi connectivity index (χ3n) is 4.53. The van der Waals surface area contributed by atoms with E-state index >= 15 is 0 Å². The maximum atomic E-state index is 13.9. The Kier molecular flexibility index (Phi) is 4.81. The van der Waals surface area contributed by atoms with Gasteiger partial charge in [-0.25, -0.2) is 9.07 Å². The van der Waals surface area contributed by atoms with Gasteiger partial charge >= 0.3 is 0 Å². The number of ether oxygens (including phenoxy) is 2. The summed E-state index contributed by atoms with van der Waals surface area (Å²) in [5.41, 5.74) is 3.87. The third-order valence-corrected chi connectivity index (χ3v) is 4.53. The maximum Gasteiger partial charge on any atom is 0.128 e. The van der Waals surface area contributed by atoms with Crippen molar-refractivity contribution < 1.29 is 13.9 Å². The molecule has 0 fully saturated rings. The van der Waals surface area contributed by atoms with Crippen molar-refractivity contribution in [3.63, 3.8) is 0 Å². The number of hydrogen-bond acceptors (Lipinski definition) is 3. The number of para-hydroxylation sites is 2.